The van der Waals surface area contributed by atoms with Gasteiger partial charge in [0.2, 0.25) is 0 Å². The van der Waals surface area contributed by atoms with Crippen molar-refractivity contribution in [3.05, 3.63) is 22.4 Å². The van der Waals surface area contributed by atoms with Crippen molar-refractivity contribution in [2.45, 2.75) is 38.8 Å². The molecule has 1 N–H and O–H groups in total. The third-order valence-corrected chi connectivity index (χ3v) is 3.34. The SMILES string of the molecule is CCC(CC#N)NC(C)c1cccs1. The monoisotopic (exact) mass is 208 g/mol. The second-order valence-corrected chi connectivity index (χ2v) is 4.35. The molecular weight excluding hydrogens is 192 g/mol. The van der Waals surface area contributed by atoms with Crippen LogP contribution in [0.15, 0.2) is 17.5 Å². The Labute approximate surface area is 89.6 Å². The Morgan fingerprint density at radius 3 is 2.93 bits per heavy atom. The first kappa shape index (κ1) is 11.2. The molecule has 0 aliphatic rings. The maximum Gasteiger partial charge on any atom is 0.0638 e. The summed E-state index contributed by atoms with van der Waals surface area (Å²) in [5.74, 6) is 0. The summed E-state index contributed by atoms with van der Waals surface area (Å²) >= 11 is 1.76. The molecule has 14 heavy (non-hydrogen) atoms. The number of hydrogen-bond donors (Lipinski definition) is 1. The minimum Gasteiger partial charge on any atom is -0.306 e. The fourth-order valence-electron chi connectivity index (χ4n) is 1.40. The second kappa shape index (κ2) is 5.79. The molecule has 0 radical (unpaired) electrons. The van der Waals surface area contributed by atoms with E-state index >= 15 is 0 Å². The average Bonchev–Trinajstić information content (AvgIpc) is 2.69. The number of thiophene rings is 1. The normalized spacial score (nSPS) is 14.6. The average molecular weight is 208 g/mol. The van der Waals surface area contributed by atoms with Crippen LogP contribution in [-0.4, -0.2) is 6.04 Å². The van der Waals surface area contributed by atoms with Crippen molar-refractivity contribution in [1.29, 1.82) is 5.26 Å². The molecule has 0 aliphatic carbocycles. The van der Waals surface area contributed by atoms with E-state index in [1.807, 2.05) is 0 Å². The van der Waals surface area contributed by atoms with Crippen LogP contribution in [0, 0.1) is 11.3 Å². The summed E-state index contributed by atoms with van der Waals surface area (Å²) in [6.45, 7) is 4.25. The molecule has 0 saturated heterocycles. The Hall–Kier alpha value is -0.850. The second-order valence-electron chi connectivity index (χ2n) is 3.37. The molecule has 2 unspecified atom stereocenters. The smallest absolute Gasteiger partial charge is 0.0638 e. The van der Waals surface area contributed by atoms with E-state index in [1.165, 1.54) is 4.88 Å². The van der Waals surface area contributed by atoms with E-state index in [0.29, 0.717) is 18.5 Å². The number of nitrogens with zero attached hydrogens (tertiary/aromatic N) is 1. The molecule has 1 heterocycles. The molecule has 0 spiro atoms. The van der Waals surface area contributed by atoms with Gasteiger partial charge >= 0.3 is 0 Å². The first-order chi connectivity index (χ1) is 6.77. The molecule has 1 aromatic rings. The van der Waals surface area contributed by atoms with Crippen LogP contribution in [0.3, 0.4) is 0 Å². The van der Waals surface area contributed by atoms with E-state index < -0.39 is 0 Å². The molecule has 3 heteroatoms. The molecule has 2 nitrogen and oxygen atoms in total. The molecule has 76 valence electrons. The van der Waals surface area contributed by atoms with Gasteiger partial charge in [0.15, 0.2) is 0 Å². The van der Waals surface area contributed by atoms with Gasteiger partial charge in [0, 0.05) is 17.0 Å². The third-order valence-electron chi connectivity index (χ3n) is 2.29. The highest BCUT2D eigenvalue weighted by Gasteiger charge is 2.11. The molecule has 0 amide bonds. The van der Waals surface area contributed by atoms with Gasteiger partial charge in [-0.15, -0.1) is 11.3 Å². The zero-order chi connectivity index (χ0) is 10.4. The van der Waals surface area contributed by atoms with Crippen LogP contribution in [-0.2, 0) is 0 Å². The van der Waals surface area contributed by atoms with Gasteiger partial charge in [0.25, 0.3) is 0 Å². The standard InChI is InChI=1S/C11H16N2S/c1-3-10(6-7-12)13-9(2)11-5-4-8-14-11/h4-5,8-10,13H,3,6H2,1-2H3. The summed E-state index contributed by atoms with van der Waals surface area (Å²) in [6.07, 6.45) is 1.59. The van der Waals surface area contributed by atoms with E-state index in [1.54, 1.807) is 11.3 Å². The van der Waals surface area contributed by atoms with E-state index in [2.05, 4.69) is 42.7 Å². The van der Waals surface area contributed by atoms with E-state index in [9.17, 15) is 0 Å². The lowest BCUT2D eigenvalue weighted by Crippen LogP contribution is -2.30. The molecule has 2 atom stereocenters. The van der Waals surface area contributed by atoms with Crippen molar-refractivity contribution in [3.8, 4) is 6.07 Å². The number of nitriles is 1. The van der Waals surface area contributed by atoms with Gasteiger partial charge in [-0.05, 0) is 24.8 Å². The minimum atomic E-state index is 0.317. The molecule has 0 saturated carbocycles. The molecule has 0 fully saturated rings. The van der Waals surface area contributed by atoms with Gasteiger partial charge in [-0.2, -0.15) is 5.26 Å². The van der Waals surface area contributed by atoms with E-state index in [0.717, 1.165) is 6.42 Å². The maximum atomic E-state index is 8.62. The molecule has 0 aliphatic heterocycles. The quantitative estimate of drug-likeness (QED) is 0.807. The lowest BCUT2D eigenvalue weighted by atomic mass is 10.1. The number of hydrogen-bond acceptors (Lipinski definition) is 3. The molecule has 0 aromatic carbocycles. The van der Waals surface area contributed by atoms with E-state index in [4.69, 9.17) is 5.26 Å². The maximum absolute atomic E-state index is 8.62. The van der Waals surface area contributed by atoms with Crippen molar-refractivity contribution in [3.63, 3.8) is 0 Å². The summed E-state index contributed by atoms with van der Waals surface area (Å²) in [5, 5.41) is 14.2. The van der Waals surface area contributed by atoms with Crippen LogP contribution in [0.5, 0.6) is 0 Å². The third kappa shape index (κ3) is 3.13. The Kier molecular flexibility index (Phi) is 4.64. The lowest BCUT2D eigenvalue weighted by molar-refractivity contribution is 0.452. The van der Waals surface area contributed by atoms with Gasteiger partial charge < -0.3 is 5.32 Å². The Bertz CT molecular complexity index is 287. The summed E-state index contributed by atoms with van der Waals surface area (Å²) in [6, 6.07) is 7.07. The van der Waals surface area contributed by atoms with Gasteiger partial charge in [0.05, 0.1) is 12.5 Å². The van der Waals surface area contributed by atoms with Gasteiger partial charge in [-0.3, -0.25) is 0 Å². The van der Waals surface area contributed by atoms with Gasteiger partial charge in [-0.25, -0.2) is 0 Å². The van der Waals surface area contributed by atoms with Crippen molar-refractivity contribution >= 4 is 11.3 Å². The predicted octanol–water partition coefficient (Wildman–Crippen LogP) is 3.09. The topological polar surface area (TPSA) is 35.8 Å². The van der Waals surface area contributed by atoms with Gasteiger partial charge in [-0.1, -0.05) is 13.0 Å². The number of nitrogens with one attached hydrogen (secondary N) is 1. The highest BCUT2D eigenvalue weighted by molar-refractivity contribution is 7.10. The van der Waals surface area contributed by atoms with Crippen molar-refractivity contribution in [2.75, 3.05) is 0 Å². The summed E-state index contributed by atoms with van der Waals surface area (Å²) < 4.78 is 0. The van der Waals surface area contributed by atoms with E-state index in [-0.39, 0.29) is 0 Å². The summed E-state index contributed by atoms with van der Waals surface area (Å²) in [7, 11) is 0. The van der Waals surface area contributed by atoms with Crippen molar-refractivity contribution in [2.24, 2.45) is 0 Å². The fraction of sp³-hybridized carbons (Fsp3) is 0.545. The van der Waals surface area contributed by atoms with Gasteiger partial charge in [0.1, 0.15) is 0 Å². The van der Waals surface area contributed by atoms with Crippen LogP contribution in [0.4, 0.5) is 0 Å². The molecule has 0 bridgehead atoms. The van der Waals surface area contributed by atoms with Crippen LogP contribution in [0.25, 0.3) is 0 Å². The predicted molar refractivity (Wildman–Crippen MR) is 60.2 cm³/mol. The number of rotatable bonds is 5. The summed E-state index contributed by atoms with van der Waals surface area (Å²) in [5.41, 5.74) is 0. The Balaban J connectivity index is 2.47. The Morgan fingerprint density at radius 1 is 1.64 bits per heavy atom. The molecule has 1 aromatic heterocycles. The van der Waals surface area contributed by atoms with Crippen LogP contribution < -0.4 is 5.32 Å². The van der Waals surface area contributed by atoms with Crippen molar-refractivity contribution < 1.29 is 0 Å². The zero-order valence-corrected chi connectivity index (χ0v) is 9.47. The molecular formula is C11H16N2S. The summed E-state index contributed by atoms with van der Waals surface area (Å²) in [4.78, 5) is 1.33. The lowest BCUT2D eigenvalue weighted by Gasteiger charge is -2.19. The van der Waals surface area contributed by atoms with Crippen LogP contribution >= 0.6 is 11.3 Å². The highest BCUT2D eigenvalue weighted by Crippen LogP contribution is 2.19. The minimum absolute atomic E-state index is 0.317. The molecule has 1 rings (SSSR count). The fourth-order valence-corrected chi connectivity index (χ4v) is 2.15. The zero-order valence-electron chi connectivity index (χ0n) is 8.66. The first-order valence-corrected chi connectivity index (χ1v) is 5.82. The van der Waals surface area contributed by atoms with Crippen LogP contribution in [0.1, 0.15) is 37.6 Å². The first-order valence-electron chi connectivity index (χ1n) is 4.94. The van der Waals surface area contributed by atoms with Crippen molar-refractivity contribution in [1.82, 2.24) is 5.32 Å². The largest absolute Gasteiger partial charge is 0.306 e. The highest BCUT2D eigenvalue weighted by atomic mass is 32.1. The Morgan fingerprint density at radius 2 is 2.43 bits per heavy atom. The van der Waals surface area contributed by atoms with Crippen LogP contribution in [0.2, 0.25) is 0 Å².